The Labute approximate surface area is 141 Å². The molecular weight excluding hydrogens is 310 g/mol. The van der Waals surface area contributed by atoms with E-state index in [0.717, 1.165) is 56.6 Å². The number of carbonyl (C=O) groups is 1. The van der Waals surface area contributed by atoms with Gasteiger partial charge in [0.1, 0.15) is 5.01 Å². The van der Waals surface area contributed by atoms with Crippen LogP contribution in [0.25, 0.3) is 0 Å². The summed E-state index contributed by atoms with van der Waals surface area (Å²) in [6.07, 6.45) is 6.58. The van der Waals surface area contributed by atoms with Gasteiger partial charge in [0.05, 0.1) is 12.6 Å². The number of hydrogen-bond donors (Lipinski definition) is 1. The van der Waals surface area contributed by atoms with Crippen LogP contribution in [0.5, 0.6) is 0 Å². The summed E-state index contributed by atoms with van der Waals surface area (Å²) in [6.45, 7) is 4.49. The zero-order valence-corrected chi connectivity index (χ0v) is 14.3. The van der Waals surface area contributed by atoms with E-state index in [1.165, 1.54) is 12.8 Å². The third-order valence-electron chi connectivity index (χ3n) is 5.40. The first-order chi connectivity index (χ1) is 11.3. The number of piperidine rings is 1. The van der Waals surface area contributed by atoms with Crippen molar-refractivity contribution >= 4 is 17.2 Å². The monoisotopic (exact) mass is 335 g/mol. The lowest BCUT2D eigenvalue weighted by molar-refractivity contribution is -0.142. The zero-order valence-electron chi connectivity index (χ0n) is 13.4. The first-order valence-electron chi connectivity index (χ1n) is 8.79. The molecule has 3 heterocycles. The molecule has 1 aromatic heterocycles. The van der Waals surface area contributed by atoms with Crippen molar-refractivity contribution in [3.63, 3.8) is 0 Å². The first kappa shape index (κ1) is 15.5. The normalized spacial score (nSPS) is 31.6. The molecule has 126 valence electrons. The number of rotatable bonds is 5. The molecule has 4 rings (SSSR count). The molecule has 3 atom stereocenters. The molecule has 6 heteroatoms. The predicted octanol–water partition coefficient (Wildman–Crippen LogP) is 1.90. The molecule has 0 unspecified atom stereocenters. The van der Waals surface area contributed by atoms with Gasteiger partial charge in [0.25, 0.3) is 0 Å². The summed E-state index contributed by atoms with van der Waals surface area (Å²) < 4.78 is 5.96. The molecule has 1 amide bonds. The van der Waals surface area contributed by atoms with Gasteiger partial charge >= 0.3 is 0 Å². The number of nitrogens with one attached hydrogen (secondary N) is 1. The van der Waals surface area contributed by atoms with Gasteiger partial charge in [-0.05, 0) is 31.6 Å². The number of nitrogens with zero attached hydrogens (tertiary/aromatic N) is 2. The highest BCUT2D eigenvalue weighted by Crippen LogP contribution is 2.34. The summed E-state index contributed by atoms with van der Waals surface area (Å²) >= 11 is 1.71. The summed E-state index contributed by atoms with van der Waals surface area (Å²) in [7, 11) is 0. The highest BCUT2D eigenvalue weighted by molar-refractivity contribution is 7.09. The second-order valence-corrected chi connectivity index (χ2v) is 8.09. The molecule has 3 fully saturated rings. The molecule has 1 saturated carbocycles. The third-order valence-corrected chi connectivity index (χ3v) is 6.16. The van der Waals surface area contributed by atoms with E-state index < -0.39 is 0 Å². The number of carbonyl (C=O) groups excluding carboxylic acids is 1. The predicted molar refractivity (Wildman–Crippen MR) is 89.1 cm³/mol. The van der Waals surface area contributed by atoms with Gasteiger partial charge in [0.15, 0.2) is 0 Å². The summed E-state index contributed by atoms with van der Waals surface area (Å²) in [5, 5.41) is 6.37. The van der Waals surface area contributed by atoms with Crippen LogP contribution in [0.15, 0.2) is 11.6 Å². The lowest BCUT2D eigenvalue weighted by Gasteiger charge is -2.44. The van der Waals surface area contributed by atoms with Crippen LogP contribution < -0.4 is 5.32 Å². The second-order valence-electron chi connectivity index (χ2n) is 7.11. The van der Waals surface area contributed by atoms with Crippen LogP contribution >= 0.6 is 11.3 Å². The lowest BCUT2D eigenvalue weighted by Crippen LogP contribution is -2.53. The molecular formula is C17H25N3O2S. The summed E-state index contributed by atoms with van der Waals surface area (Å²) in [5.74, 6) is 1.44. The van der Waals surface area contributed by atoms with E-state index in [1.54, 1.807) is 11.3 Å². The molecule has 0 radical (unpaired) electrons. The van der Waals surface area contributed by atoms with Crippen molar-refractivity contribution in [1.29, 1.82) is 0 Å². The number of likely N-dealkylation sites (tertiary alicyclic amines) is 1. The molecule has 3 aliphatic rings. The minimum Gasteiger partial charge on any atom is -0.378 e. The fourth-order valence-corrected chi connectivity index (χ4v) is 4.53. The van der Waals surface area contributed by atoms with Crippen molar-refractivity contribution in [3.8, 4) is 0 Å². The van der Waals surface area contributed by atoms with E-state index in [4.69, 9.17) is 4.74 Å². The highest BCUT2D eigenvalue weighted by Gasteiger charge is 2.41. The zero-order chi connectivity index (χ0) is 15.6. The largest absolute Gasteiger partial charge is 0.378 e. The molecule has 0 bridgehead atoms. The smallest absolute Gasteiger partial charge is 0.223 e. The third kappa shape index (κ3) is 3.75. The highest BCUT2D eigenvalue weighted by atomic mass is 32.1. The molecule has 2 saturated heterocycles. The number of thiazole rings is 1. The quantitative estimate of drug-likeness (QED) is 0.893. The van der Waals surface area contributed by atoms with Crippen molar-refractivity contribution < 1.29 is 9.53 Å². The van der Waals surface area contributed by atoms with Crippen molar-refractivity contribution in [2.75, 3.05) is 26.2 Å². The van der Waals surface area contributed by atoms with E-state index in [2.05, 4.69) is 15.2 Å². The standard InChI is InChI=1S/C17H25N3O2S/c21-17(19-9-12-1-2-12)13-4-7-22-15-3-6-20(10-14(13)15)11-16-18-5-8-23-16/h5,8,12-15H,1-4,6-7,9-11H2,(H,19,21)/t13-,14+,15-/m0/s1. The van der Waals surface area contributed by atoms with Gasteiger partial charge in [-0.1, -0.05) is 0 Å². The van der Waals surface area contributed by atoms with Crippen LogP contribution in [0, 0.1) is 17.8 Å². The minimum atomic E-state index is 0.117. The fraction of sp³-hybridized carbons (Fsp3) is 0.765. The number of aromatic nitrogens is 1. The lowest BCUT2D eigenvalue weighted by atomic mass is 9.79. The van der Waals surface area contributed by atoms with Crippen LogP contribution in [0.4, 0.5) is 0 Å². The van der Waals surface area contributed by atoms with Crippen LogP contribution in [-0.2, 0) is 16.1 Å². The van der Waals surface area contributed by atoms with Gasteiger partial charge in [-0.2, -0.15) is 0 Å². The van der Waals surface area contributed by atoms with Crippen LogP contribution in [-0.4, -0.2) is 48.1 Å². The van der Waals surface area contributed by atoms with Gasteiger partial charge < -0.3 is 10.1 Å². The van der Waals surface area contributed by atoms with Crippen molar-refractivity contribution in [3.05, 3.63) is 16.6 Å². The van der Waals surface area contributed by atoms with Crippen LogP contribution in [0.3, 0.4) is 0 Å². The van der Waals surface area contributed by atoms with Gasteiger partial charge in [0.2, 0.25) is 5.91 Å². The maximum absolute atomic E-state index is 12.6. The Kier molecular flexibility index (Phi) is 4.64. The average Bonchev–Trinajstić information content (AvgIpc) is 3.27. The molecule has 0 spiro atoms. The second kappa shape index (κ2) is 6.87. The Morgan fingerprint density at radius 2 is 2.30 bits per heavy atom. The molecule has 23 heavy (non-hydrogen) atoms. The minimum absolute atomic E-state index is 0.117. The van der Waals surface area contributed by atoms with E-state index >= 15 is 0 Å². The summed E-state index contributed by atoms with van der Waals surface area (Å²) in [4.78, 5) is 19.4. The number of ether oxygens (including phenoxy) is 1. The Bertz CT molecular complexity index is 532. The first-order valence-corrected chi connectivity index (χ1v) is 9.67. The Balaban J connectivity index is 1.37. The van der Waals surface area contributed by atoms with Gasteiger partial charge in [-0.25, -0.2) is 4.98 Å². The van der Waals surface area contributed by atoms with E-state index in [1.807, 2.05) is 11.6 Å². The Hall–Kier alpha value is -0.980. The van der Waals surface area contributed by atoms with Crippen LogP contribution in [0.2, 0.25) is 0 Å². The fourth-order valence-electron chi connectivity index (χ4n) is 3.87. The number of fused-ring (bicyclic) bond motifs is 1. The summed E-state index contributed by atoms with van der Waals surface area (Å²) in [6, 6.07) is 0. The topological polar surface area (TPSA) is 54.5 Å². The van der Waals surface area contributed by atoms with Crippen LogP contribution in [0.1, 0.15) is 30.7 Å². The van der Waals surface area contributed by atoms with E-state index in [0.29, 0.717) is 5.92 Å². The molecule has 1 aromatic rings. The Morgan fingerprint density at radius 1 is 1.39 bits per heavy atom. The van der Waals surface area contributed by atoms with E-state index in [9.17, 15) is 4.79 Å². The van der Waals surface area contributed by atoms with Gasteiger partial charge in [-0.3, -0.25) is 9.69 Å². The van der Waals surface area contributed by atoms with Crippen molar-refractivity contribution in [2.45, 2.75) is 38.3 Å². The maximum Gasteiger partial charge on any atom is 0.223 e. The molecule has 1 aliphatic carbocycles. The SMILES string of the molecule is O=C(NCC1CC1)[C@H]1CCO[C@H]2CCN(Cc3nccs3)C[C@@H]21. The summed E-state index contributed by atoms with van der Waals surface area (Å²) in [5.41, 5.74) is 0. The van der Waals surface area contributed by atoms with Gasteiger partial charge in [0, 0.05) is 49.7 Å². The molecule has 1 N–H and O–H groups in total. The molecule has 2 aliphatic heterocycles. The maximum atomic E-state index is 12.6. The van der Waals surface area contributed by atoms with Crippen molar-refractivity contribution in [2.24, 2.45) is 17.8 Å². The Morgan fingerprint density at radius 3 is 3.09 bits per heavy atom. The number of hydrogen-bond acceptors (Lipinski definition) is 5. The van der Waals surface area contributed by atoms with E-state index in [-0.39, 0.29) is 17.9 Å². The van der Waals surface area contributed by atoms with Gasteiger partial charge in [-0.15, -0.1) is 11.3 Å². The molecule has 5 nitrogen and oxygen atoms in total. The average molecular weight is 335 g/mol. The van der Waals surface area contributed by atoms with Crippen molar-refractivity contribution in [1.82, 2.24) is 15.2 Å². The number of amides is 1. The molecule has 0 aromatic carbocycles.